The van der Waals surface area contributed by atoms with Gasteiger partial charge in [-0.05, 0) is 36.8 Å². The molecule has 3 heteroatoms. The summed E-state index contributed by atoms with van der Waals surface area (Å²) in [4.78, 5) is 8.30. The van der Waals surface area contributed by atoms with Gasteiger partial charge in [0.1, 0.15) is 5.75 Å². The summed E-state index contributed by atoms with van der Waals surface area (Å²) in [6, 6.07) is 11.6. The number of aromatic nitrogens is 1. The van der Waals surface area contributed by atoms with Gasteiger partial charge in [-0.15, -0.1) is 0 Å². The van der Waals surface area contributed by atoms with Crippen LogP contribution in [0.1, 0.15) is 12.5 Å². The van der Waals surface area contributed by atoms with Gasteiger partial charge in [0, 0.05) is 18.6 Å². The van der Waals surface area contributed by atoms with Crippen molar-refractivity contribution in [1.29, 1.82) is 0 Å². The average Bonchev–Trinajstić information content (AvgIpc) is 2.39. The molecule has 0 aliphatic heterocycles. The van der Waals surface area contributed by atoms with E-state index in [1.54, 1.807) is 12.4 Å². The third-order valence-electron chi connectivity index (χ3n) is 2.19. The van der Waals surface area contributed by atoms with Gasteiger partial charge >= 0.3 is 0 Å². The van der Waals surface area contributed by atoms with Crippen LogP contribution in [0.3, 0.4) is 0 Å². The molecule has 17 heavy (non-hydrogen) atoms. The van der Waals surface area contributed by atoms with Crippen molar-refractivity contribution in [3.05, 3.63) is 54.4 Å². The van der Waals surface area contributed by atoms with Gasteiger partial charge in [0.25, 0.3) is 0 Å². The van der Waals surface area contributed by atoms with Gasteiger partial charge in [-0.2, -0.15) is 0 Å². The zero-order valence-corrected chi connectivity index (χ0v) is 9.71. The van der Waals surface area contributed by atoms with E-state index in [9.17, 15) is 0 Å². The van der Waals surface area contributed by atoms with Crippen LogP contribution >= 0.6 is 0 Å². The number of hydrogen-bond donors (Lipinski definition) is 0. The normalized spacial score (nSPS) is 10.6. The zero-order valence-electron chi connectivity index (χ0n) is 9.71. The Morgan fingerprint density at radius 2 is 2.06 bits per heavy atom. The average molecular weight is 226 g/mol. The van der Waals surface area contributed by atoms with Crippen molar-refractivity contribution in [2.24, 2.45) is 4.99 Å². The molecule has 0 aliphatic rings. The van der Waals surface area contributed by atoms with Crippen LogP contribution in [0.15, 0.2) is 53.8 Å². The summed E-state index contributed by atoms with van der Waals surface area (Å²) >= 11 is 0. The largest absolute Gasteiger partial charge is 0.494 e. The van der Waals surface area contributed by atoms with E-state index in [2.05, 4.69) is 9.98 Å². The molecule has 1 aromatic carbocycles. The molecular weight excluding hydrogens is 212 g/mol. The monoisotopic (exact) mass is 226 g/mol. The van der Waals surface area contributed by atoms with Crippen LogP contribution in [-0.2, 0) is 0 Å². The van der Waals surface area contributed by atoms with Crippen molar-refractivity contribution < 1.29 is 4.74 Å². The van der Waals surface area contributed by atoms with Crippen molar-refractivity contribution in [1.82, 2.24) is 4.98 Å². The number of aliphatic imine (C=N–C) groups is 1. The number of hydrogen-bond acceptors (Lipinski definition) is 3. The first-order chi connectivity index (χ1) is 8.38. The summed E-state index contributed by atoms with van der Waals surface area (Å²) in [5.74, 6) is 0.867. The molecule has 0 amide bonds. The molecule has 1 aromatic heterocycles. The molecule has 0 saturated heterocycles. The Kier molecular flexibility index (Phi) is 3.86. The first kappa shape index (κ1) is 11.3. The van der Waals surface area contributed by atoms with Crippen LogP contribution in [-0.4, -0.2) is 17.8 Å². The SMILES string of the molecule is CCOc1cccc(C=Nc2ccncc2)c1. The van der Waals surface area contributed by atoms with E-state index in [0.717, 1.165) is 17.0 Å². The van der Waals surface area contributed by atoms with E-state index in [0.29, 0.717) is 6.61 Å². The van der Waals surface area contributed by atoms with E-state index in [1.165, 1.54) is 0 Å². The molecule has 0 N–H and O–H groups in total. The molecule has 2 aromatic rings. The van der Waals surface area contributed by atoms with Crippen LogP contribution in [0.4, 0.5) is 5.69 Å². The number of benzene rings is 1. The minimum atomic E-state index is 0.672. The molecule has 0 saturated carbocycles. The third kappa shape index (κ3) is 3.41. The van der Waals surface area contributed by atoms with Crippen molar-refractivity contribution in [2.75, 3.05) is 6.61 Å². The second-order valence-electron chi connectivity index (χ2n) is 3.47. The summed E-state index contributed by atoms with van der Waals surface area (Å²) in [6.45, 7) is 2.64. The Labute approximate surface area is 101 Å². The molecule has 3 nitrogen and oxygen atoms in total. The van der Waals surface area contributed by atoms with E-state index in [1.807, 2.05) is 49.5 Å². The van der Waals surface area contributed by atoms with E-state index < -0.39 is 0 Å². The molecule has 1 heterocycles. The fourth-order valence-corrected chi connectivity index (χ4v) is 1.43. The van der Waals surface area contributed by atoms with Gasteiger partial charge < -0.3 is 4.74 Å². The summed E-state index contributed by atoms with van der Waals surface area (Å²) in [5, 5.41) is 0. The van der Waals surface area contributed by atoms with Crippen molar-refractivity contribution in [3.8, 4) is 5.75 Å². The highest BCUT2D eigenvalue weighted by molar-refractivity contribution is 5.82. The second kappa shape index (κ2) is 5.80. The summed E-state index contributed by atoms with van der Waals surface area (Å²) < 4.78 is 5.43. The maximum atomic E-state index is 5.43. The predicted octanol–water partition coefficient (Wildman–Crippen LogP) is 3.23. The van der Waals surface area contributed by atoms with Gasteiger partial charge in [0.2, 0.25) is 0 Å². The lowest BCUT2D eigenvalue weighted by atomic mass is 10.2. The Balaban J connectivity index is 2.13. The second-order valence-corrected chi connectivity index (χ2v) is 3.47. The number of rotatable bonds is 4. The Morgan fingerprint density at radius 1 is 1.24 bits per heavy atom. The molecule has 0 bridgehead atoms. The summed E-state index contributed by atoms with van der Waals surface area (Å²) in [7, 11) is 0. The topological polar surface area (TPSA) is 34.5 Å². The first-order valence-electron chi connectivity index (χ1n) is 5.55. The number of pyridine rings is 1. The molecule has 0 unspecified atom stereocenters. The van der Waals surface area contributed by atoms with E-state index in [-0.39, 0.29) is 0 Å². The molecule has 2 rings (SSSR count). The molecular formula is C14H14N2O. The third-order valence-corrected chi connectivity index (χ3v) is 2.19. The lowest BCUT2D eigenvalue weighted by molar-refractivity contribution is 0.340. The van der Waals surface area contributed by atoms with Gasteiger partial charge in [-0.3, -0.25) is 9.98 Å². The maximum Gasteiger partial charge on any atom is 0.119 e. The Morgan fingerprint density at radius 3 is 2.82 bits per heavy atom. The van der Waals surface area contributed by atoms with E-state index >= 15 is 0 Å². The zero-order chi connectivity index (χ0) is 11.9. The quantitative estimate of drug-likeness (QED) is 0.750. The van der Waals surface area contributed by atoms with Crippen LogP contribution in [0, 0.1) is 0 Å². The molecule has 0 radical (unpaired) electrons. The standard InChI is InChI=1S/C14H14N2O/c1-2-17-14-5-3-4-12(10-14)11-16-13-6-8-15-9-7-13/h3-11H,2H2,1H3. The van der Waals surface area contributed by atoms with Crippen LogP contribution in [0.2, 0.25) is 0 Å². The van der Waals surface area contributed by atoms with Gasteiger partial charge in [0.05, 0.1) is 12.3 Å². The van der Waals surface area contributed by atoms with Gasteiger partial charge in [0.15, 0.2) is 0 Å². The first-order valence-corrected chi connectivity index (χ1v) is 5.55. The minimum Gasteiger partial charge on any atom is -0.494 e. The van der Waals surface area contributed by atoms with Crippen molar-refractivity contribution in [2.45, 2.75) is 6.92 Å². The molecule has 0 aliphatic carbocycles. The molecule has 0 spiro atoms. The highest BCUT2D eigenvalue weighted by Gasteiger charge is 1.93. The maximum absolute atomic E-state index is 5.43. The predicted molar refractivity (Wildman–Crippen MR) is 69.1 cm³/mol. The highest BCUT2D eigenvalue weighted by atomic mass is 16.5. The number of ether oxygens (including phenoxy) is 1. The lowest BCUT2D eigenvalue weighted by Gasteiger charge is -2.02. The fourth-order valence-electron chi connectivity index (χ4n) is 1.43. The Hall–Kier alpha value is -2.16. The highest BCUT2D eigenvalue weighted by Crippen LogP contribution is 2.13. The Bertz CT molecular complexity index is 495. The van der Waals surface area contributed by atoms with E-state index in [4.69, 9.17) is 4.74 Å². The van der Waals surface area contributed by atoms with Crippen LogP contribution in [0.25, 0.3) is 0 Å². The lowest BCUT2D eigenvalue weighted by Crippen LogP contribution is -1.91. The molecule has 0 atom stereocenters. The van der Waals surface area contributed by atoms with Gasteiger partial charge in [-0.25, -0.2) is 0 Å². The minimum absolute atomic E-state index is 0.672. The smallest absolute Gasteiger partial charge is 0.119 e. The number of nitrogens with zero attached hydrogens (tertiary/aromatic N) is 2. The summed E-state index contributed by atoms with van der Waals surface area (Å²) in [6.07, 6.45) is 5.27. The van der Waals surface area contributed by atoms with Crippen molar-refractivity contribution in [3.63, 3.8) is 0 Å². The van der Waals surface area contributed by atoms with Gasteiger partial charge in [-0.1, -0.05) is 12.1 Å². The summed E-state index contributed by atoms with van der Waals surface area (Å²) in [5.41, 5.74) is 1.91. The van der Waals surface area contributed by atoms with Crippen molar-refractivity contribution >= 4 is 11.9 Å². The molecule has 0 fully saturated rings. The van der Waals surface area contributed by atoms with Crippen LogP contribution < -0.4 is 4.74 Å². The van der Waals surface area contributed by atoms with Crippen LogP contribution in [0.5, 0.6) is 5.75 Å². The molecule has 86 valence electrons. The fraction of sp³-hybridized carbons (Fsp3) is 0.143.